The summed E-state index contributed by atoms with van der Waals surface area (Å²) in [7, 11) is 0. The number of ether oxygens (including phenoxy) is 1. The lowest BCUT2D eigenvalue weighted by Gasteiger charge is -2.10. The zero-order chi connectivity index (χ0) is 18.5. The molecule has 2 aromatic carbocycles. The van der Waals surface area contributed by atoms with Gasteiger partial charge < -0.3 is 15.4 Å². The Morgan fingerprint density at radius 1 is 1.12 bits per heavy atom. The summed E-state index contributed by atoms with van der Waals surface area (Å²) in [5, 5.41) is 7.81. The van der Waals surface area contributed by atoms with Gasteiger partial charge in [0.1, 0.15) is 17.5 Å². The van der Waals surface area contributed by atoms with E-state index in [2.05, 4.69) is 16.0 Å². The first-order chi connectivity index (χ1) is 12.5. The van der Waals surface area contributed by atoms with Crippen molar-refractivity contribution < 1.29 is 19.1 Å². The fourth-order valence-corrected chi connectivity index (χ4v) is 2.60. The Bertz CT molecular complexity index is 839. The molecule has 0 aromatic heterocycles. The minimum atomic E-state index is -0.667. The van der Waals surface area contributed by atoms with E-state index in [1.54, 1.807) is 36.4 Å². The van der Waals surface area contributed by atoms with Crippen molar-refractivity contribution >= 4 is 35.1 Å². The number of amides is 4. The van der Waals surface area contributed by atoms with Gasteiger partial charge in [-0.3, -0.25) is 14.9 Å². The quantitative estimate of drug-likeness (QED) is 0.678. The van der Waals surface area contributed by atoms with Crippen molar-refractivity contribution in [3.63, 3.8) is 0 Å². The monoisotopic (exact) mass is 373 g/mol. The van der Waals surface area contributed by atoms with Crippen molar-refractivity contribution in [2.24, 2.45) is 0 Å². The van der Waals surface area contributed by atoms with E-state index in [1.807, 2.05) is 12.1 Å². The number of nitrogens with one attached hydrogen (secondary N) is 3. The van der Waals surface area contributed by atoms with Crippen LogP contribution < -0.4 is 20.7 Å². The Kier molecular flexibility index (Phi) is 5.38. The molecule has 26 heavy (non-hydrogen) atoms. The van der Waals surface area contributed by atoms with Crippen LogP contribution in [0.3, 0.4) is 0 Å². The van der Waals surface area contributed by atoms with Crippen LogP contribution in [0.25, 0.3) is 0 Å². The predicted octanol–water partition coefficient (Wildman–Crippen LogP) is 3.06. The molecule has 7 nitrogen and oxygen atoms in total. The van der Waals surface area contributed by atoms with Gasteiger partial charge in [-0.05, 0) is 42.8 Å². The summed E-state index contributed by atoms with van der Waals surface area (Å²) in [5.41, 5.74) is 0.599. The maximum atomic E-state index is 12.0. The van der Waals surface area contributed by atoms with Crippen LogP contribution in [0.5, 0.6) is 11.5 Å². The zero-order valence-electron chi connectivity index (χ0n) is 13.6. The number of anilines is 1. The number of para-hydroxylation sites is 1. The zero-order valence-corrected chi connectivity index (χ0v) is 14.4. The Morgan fingerprint density at radius 3 is 2.50 bits per heavy atom. The smallest absolute Gasteiger partial charge is 0.322 e. The molecule has 0 saturated carbocycles. The summed E-state index contributed by atoms with van der Waals surface area (Å²) in [6.45, 7) is 0. The van der Waals surface area contributed by atoms with Crippen LogP contribution in [0.4, 0.5) is 10.5 Å². The molecule has 1 atom stereocenters. The first kappa shape index (κ1) is 17.8. The lowest BCUT2D eigenvalue weighted by Crippen LogP contribution is -2.30. The van der Waals surface area contributed by atoms with Gasteiger partial charge in [-0.1, -0.05) is 23.7 Å². The predicted molar refractivity (Wildman–Crippen MR) is 96.3 cm³/mol. The summed E-state index contributed by atoms with van der Waals surface area (Å²) < 4.78 is 5.68. The Balaban J connectivity index is 1.51. The highest BCUT2D eigenvalue weighted by molar-refractivity contribution is 6.32. The van der Waals surface area contributed by atoms with Crippen LogP contribution in [-0.2, 0) is 9.59 Å². The number of hydrogen-bond acceptors (Lipinski definition) is 4. The molecule has 4 amide bonds. The molecule has 0 radical (unpaired) electrons. The molecule has 0 bridgehead atoms. The van der Waals surface area contributed by atoms with Crippen LogP contribution in [0, 0.1) is 0 Å². The molecule has 2 aromatic rings. The van der Waals surface area contributed by atoms with E-state index in [9.17, 15) is 14.4 Å². The standard InChI is InChI=1S/C18H16ClN3O4/c19-13-3-1-2-4-15(13)26-12-7-5-11(6-8-12)20-16(23)10-9-14-17(24)22-18(25)21-14/h1-8,14H,9-10H2,(H,20,23)(H2,21,22,24,25)/t14-/m0/s1. The van der Waals surface area contributed by atoms with E-state index in [0.717, 1.165) is 0 Å². The van der Waals surface area contributed by atoms with E-state index in [1.165, 1.54) is 0 Å². The van der Waals surface area contributed by atoms with Crippen molar-refractivity contribution in [1.29, 1.82) is 0 Å². The molecular formula is C18H16ClN3O4. The average molecular weight is 374 g/mol. The number of rotatable bonds is 6. The topological polar surface area (TPSA) is 96.5 Å². The van der Waals surface area contributed by atoms with Crippen LogP contribution in [0.1, 0.15) is 12.8 Å². The Morgan fingerprint density at radius 2 is 1.85 bits per heavy atom. The first-order valence-electron chi connectivity index (χ1n) is 7.95. The minimum Gasteiger partial charge on any atom is -0.456 e. The number of halogens is 1. The van der Waals surface area contributed by atoms with E-state index in [-0.39, 0.29) is 18.7 Å². The van der Waals surface area contributed by atoms with Crippen LogP contribution in [0.15, 0.2) is 48.5 Å². The lowest BCUT2D eigenvalue weighted by molar-refractivity contribution is -0.120. The highest BCUT2D eigenvalue weighted by Gasteiger charge is 2.29. The minimum absolute atomic E-state index is 0.107. The second-order valence-corrected chi connectivity index (χ2v) is 6.07. The van der Waals surface area contributed by atoms with E-state index >= 15 is 0 Å². The molecular weight excluding hydrogens is 358 g/mol. The third kappa shape index (κ3) is 4.52. The van der Waals surface area contributed by atoms with Gasteiger partial charge in [-0.15, -0.1) is 0 Å². The van der Waals surface area contributed by atoms with Crippen molar-refractivity contribution in [1.82, 2.24) is 10.6 Å². The molecule has 8 heteroatoms. The van der Waals surface area contributed by atoms with Gasteiger partial charge in [0.25, 0.3) is 5.91 Å². The summed E-state index contributed by atoms with van der Waals surface area (Å²) in [6, 6.07) is 12.8. The van der Waals surface area contributed by atoms with Gasteiger partial charge in [-0.25, -0.2) is 4.79 Å². The van der Waals surface area contributed by atoms with Crippen molar-refractivity contribution in [3.05, 3.63) is 53.6 Å². The maximum absolute atomic E-state index is 12.0. The molecule has 134 valence electrons. The lowest BCUT2D eigenvalue weighted by atomic mass is 10.1. The number of hydrogen-bond donors (Lipinski definition) is 3. The van der Waals surface area contributed by atoms with Crippen LogP contribution in [0.2, 0.25) is 5.02 Å². The molecule has 0 unspecified atom stereocenters. The molecule has 3 rings (SSSR count). The Labute approximate surface area is 154 Å². The van der Waals surface area contributed by atoms with Gasteiger partial charge >= 0.3 is 6.03 Å². The fraction of sp³-hybridized carbons (Fsp3) is 0.167. The largest absolute Gasteiger partial charge is 0.456 e. The third-order valence-corrected chi connectivity index (χ3v) is 4.03. The number of carbonyl (C=O) groups excluding carboxylic acids is 3. The van der Waals surface area contributed by atoms with Gasteiger partial charge in [0.15, 0.2) is 0 Å². The molecule has 0 spiro atoms. The van der Waals surface area contributed by atoms with Crippen molar-refractivity contribution in [2.45, 2.75) is 18.9 Å². The molecule has 1 aliphatic rings. The number of urea groups is 1. The van der Waals surface area contributed by atoms with E-state index in [0.29, 0.717) is 22.2 Å². The third-order valence-electron chi connectivity index (χ3n) is 3.72. The SMILES string of the molecule is O=C(CC[C@@H]1NC(=O)NC1=O)Nc1ccc(Oc2ccccc2Cl)cc1. The highest BCUT2D eigenvalue weighted by atomic mass is 35.5. The molecule has 0 aliphatic carbocycles. The number of imide groups is 1. The van der Waals surface area contributed by atoms with E-state index in [4.69, 9.17) is 16.3 Å². The maximum Gasteiger partial charge on any atom is 0.322 e. The summed E-state index contributed by atoms with van der Waals surface area (Å²) in [6.07, 6.45) is 0.341. The van der Waals surface area contributed by atoms with Crippen LogP contribution >= 0.6 is 11.6 Å². The molecule has 1 fully saturated rings. The summed E-state index contributed by atoms with van der Waals surface area (Å²) >= 11 is 6.05. The van der Waals surface area contributed by atoms with Gasteiger partial charge in [0, 0.05) is 12.1 Å². The van der Waals surface area contributed by atoms with E-state index < -0.39 is 18.0 Å². The summed E-state index contributed by atoms with van der Waals surface area (Å²) in [4.78, 5) is 34.4. The normalized spacial score (nSPS) is 16.0. The van der Waals surface area contributed by atoms with Gasteiger partial charge in [0.2, 0.25) is 5.91 Å². The first-order valence-corrected chi connectivity index (χ1v) is 8.33. The van der Waals surface area contributed by atoms with Crippen LogP contribution in [-0.4, -0.2) is 23.9 Å². The van der Waals surface area contributed by atoms with Crippen molar-refractivity contribution in [2.75, 3.05) is 5.32 Å². The second-order valence-electron chi connectivity index (χ2n) is 5.66. The van der Waals surface area contributed by atoms with Crippen molar-refractivity contribution in [3.8, 4) is 11.5 Å². The highest BCUT2D eigenvalue weighted by Crippen LogP contribution is 2.29. The molecule has 3 N–H and O–H groups in total. The second kappa shape index (κ2) is 7.88. The number of carbonyl (C=O) groups is 3. The molecule has 1 heterocycles. The fourth-order valence-electron chi connectivity index (χ4n) is 2.42. The Hall–Kier alpha value is -3.06. The van der Waals surface area contributed by atoms with Gasteiger partial charge in [0.05, 0.1) is 5.02 Å². The molecule has 1 aliphatic heterocycles. The number of benzene rings is 2. The van der Waals surface area contributed by atoms with Gasteiger partial charge in [-0.2, -0.15) is 0 Å². The average Bonchev–Trinajstić information content (AvgIpc) is 2.94. The molecule has 1 saturated heterocycles. The summed E-state index contributed by atoms with van der Waals surface area (Å²) in [5.74, 6) is 0.465.